The zero-order chi connectivity index (χ0) is 18.5. The number of hydrogen-bond acceptors (Lipinski definition) is 5. The number of carbonyl (C=O) groups excluding carboxylic acids is 2. The van der Waals surface area contributed by atoms with Crippen molar-refractivity contribution in [2.45, 2.75) is 51.9 Å². The molecule has 0 aliphatic rings. The van der Waals surface area contributed by atoms with Crippen molar-refractivity contribution in [1.29, 1.82) is 0 Å². The minimum Gasteiger partial charge on any atom is -0.444 e. The summed E-state index contributed by atoms with van der Waals surface area (Å²) in [6.07, 6.45) is -3.05. The highest BCUT2D eigenvalue weighted by Crippen LogP contribution is 2.22. The number of alkyl carbamates (subject to hydrolysis) is 1. The van der Waals surface area contributed by atoms with Crippen molar-refractivity contribution in [2.75, 3.05) is 6.54 Å². The topological polar surface area (TPSA) is 95.9 Å². The van der Waals surface area contributed by atoms with E-state index < -0.39 is 35.5 Å². The highest BCUT2D eigenvalue weighted by atomic mass is 19.1. The number of nitrogens with one attached hydrogen (secondary N) is 1. The van der Waals surface area contributed by atoms with Crippen molar-refractivity contribution in [3.8, 4) is 0 Å². The Hall–Kier alpha value is -1.99. The number of ether oxygens (including phenoxy) is 1. The quantitative estimate of drug-likeness (QED) is 0.690. The summed E-state index contributed by atoms with van der Waals surface area (Å²) >= 11 is 0. The third-order valence-electron chi connectivity index (χ3n) is 3.18. The number of carbonyl (C=O) groups is 2. The molecule has 0 aliphatic carbocycles. The van der Waals surface area contributed by atoms with E-state index in [1.165, 1.54) is 19.1 Å². The van der Waals surface area contributed by atoms with Crippen molar-refractivity contribution in [1.82, 2.24) is 5.32 Å². The molecule has 0 spiro atoms. The first-order valence-electron chi connectivity index (χ1n) is 7.64. The number of amides is 1. The van der Waals surface area contributed by atoms with Gasteiger partial charge in [-0.05, 0) is 51.8 Å². The fraction of sp³-hybridized carbons (Fsp3) is 0.529. The number of aliphatic hydroxyl groups excluding tert-OH is 2. The van der Waals surface area contributed by atoms with Crippen LogP contribution < -0.4 is 5.32 Å². The molecule has 0 bridgehead atoms. The second-order valence-electron chi connectivity index (χ2n) is 6.52. The summed E-state index contributed by atoms with van der Waals surface area (Å²) in [6.45, 7) is 6.49. The van der Waals surface area contributed by atoms with Crippen LogP contribution >= 0.6 is 0 Å². The Labute approximate surface area is 140 Å². The van der Waals surface area contributed by atoms with E-state index in [2.05, 4.69) is 5.32 Å². The maximum absolute atomic E-state index is 13.5. The van der Waals surface area contributed by atoms with Crippen molar-refractivity contribution in [3.63, 3.8) is 0 Å². The van der Waals surface area contributed by atoms with Crippen molar-refractivity contribution < 1.29 is 28.9 Å². The lowest BCUT2D eigenvalue weighted by Gasteiger charge is -2.21. The zero-order valence-electron chi connectivity index (χ0n) is 14.3. The molecule has 1 aromatic carbocycles. The third-order valence-corrected chi connectivity index (χ3v) is 3.18. The van der Waals surface area contributed by atoms with E-state index in [9.17, 15) is 24.2 Å². The van der Waals surface area contributed by atoms with Crippen LogP contribution in [0.25, 0.3) is 0 Å². The summed E-state index contributed by atoms with van der Waals surface area (Å²) in [5.41, 5.74) is -0.545. The van der Waals surface area contributed by atoms with Crippen LogP contribution in [0.2, 0.25) is 0 Å². The van der Waals surface area contributed by atoms with Gasteiger partial charge in [-0.3, -0.25) is 4.79 Å². The molecule has 0 aliphatic heterocycles. The van der Waals surface area contributed by atoms with E-state index in [1.54, 1.807) is 20.8 Å². The predicted octanol–water partition coefficient (Wildman–Crippen LogP) is 2.34. The maximum atomic E-state index is 13.5. The van der Waals surface area contributed by atoms with Gasteiger partial charge in [0.2, 0.25) is 0 Å². The van der Waals surface area contributed by atoms with Crippen LogP contribution in [0.5, 0.6) is 0 Å². The molecule has 6 nitrogen and oxygen atoms in total. The van der Waals surface area contributed by atoms with E-state index in [1.807, 2.05) is 0 Å². The molecule has 7 heteroatoms. The lowest BCUT2D eigenvalue weighted by atomic mass is 9.98. The zero-order valence-corrected chi connectivity index (χ0v) is 14.3. The molecule has 1 rings (SSSR count). The summed E-state index contributed by atoms with van der Waals surface area (Å²) in [4.78, 5) is 22.8. The fourth-order valence-corrected chi connectivity index (χ4v) is 2.01. The van der Waals surface area contributed by atoms with Gasteiger partial charge in [0, 0.05) is 6.54 Å². The van der Waals surface area contributed by atoms with Gasteiger partial charge in [-0.15, -0.1) is 0 Å². The Morgan fingerprint density at radius 3 is 2.46 bits per heavy atom. The van der Waals surface area contributed by atoms with Gasteiger partial charge in [0.1, 0.15) is 17.5 Å². The van der Waals surface area contributed by atoms with Crippen LogP contribution in [0.15, 0.2) is 18.2 Å². The molecule has 0 aromatic heterocycles. The van der Waals surface area contributed by atoms with Gasteiger partial charge in [0.15, 0.2) is 5.78 Å². The third kappa shape index (κ3) is 6.25. The summed E-state index contributed by atoms with van der Waals surface area (Å²) in [7, 11) is 0. The highest BCUT2D eigenvalue weighted by molar-refractivity contribution is 5.94. The first kappa shape index (κ1) is 20.1. The molecule has 0 saturated heterocycles. The molecule has 2 unspecified atom stereocenters. The molecular weight excluding hydrogens is 317 g/mol. The van der Waals surface area contributed by atoms with E-state index >= 15 is 0 Å². The van der Waals surface area contributed by atoms with E-state index in [-0.39, 0.29) is 24.1 Å². The van der Waals surface area contributed by atoms with Crippen LogP contribution in [-0.2, 0) is 4.74 Å². The molecule has 0 radical (unpaired) electrons. The van der Waals surface area contributed by atoms with Gasteiger partial charge in [-0.2, -0.15) is 0 Å². The Balaban J connectivity index is 2.59. The smallest absolute Gasteiger partial charge is 0.407 e. The highest BCUT2D eigenvalue weighted by Gasteiger charge is 2.21. The molecule has 24 heavy (non-hydrogen) atoms. The Bertz CT molecular complexity index is 597. The number of aliphatic hydroxyl groups is 2. The Morgan fingerprint density at radius 1 is 1.29 bits per heavy atom. The van der Waals surface area contributed by atoms with Crippen LogP contribution in [0, 0.1) is 5.82 Å². The molecule has 3 N–H and O–H groups in total. The number of hydrogen-bond donors (Lipinski definition) is 3. The van der Waals surface area contributed by atoms with Gasteiger partial charge in [0.25, 0.3) is 0 Å². The van der Waals surface area contributed by atoms with Gasteiger partial charge in [-0.25, -0.2) is 9.18 Å². The molecule has 134 valence electrons. The van der Waals surface area contributed by atoms with Crippen LogP contribution in [-0.4, -0.2) is 40.3 Å². The van der Waals surface area contributed by atoms with Crippen molar-refractivity contribution in [3.05, 3.63) is 35.1 Å². The normalized spacial score (nSPS) is 14.0. The molecule has 1 amide bonds. The lowest BCUT2D eigenvalue weighted by Crippen LogP contribution is -2.34. The number of Topliss-reactive ketones (excluding diaryl/α,β-unsaturated/α-hetero) is 1. The van der Waals surface area contributed by atoms with Gasteiger partial charge in [-0.1, -0.05) is 6.07 Å². The predicted molar refractivity (Wildman–Crippen MR) is 86.2 cm³/mol. The van der Waals surface area contributed by atoms with Crippen molar-refractivity contribution in [2.24, 2.45) is 0 Å². The second-order valence-corrected chi connectivity index (χ2v) is 6.52. The average Bonchev–Trinajstić information content (AvgIpc) is 2.44. The molecule has 0 saturated carbocycles. The van der Waals surface area contributed by atoms with Crippen molar-refractivity contribution >= 4 is 11.9 Å². The first-order valence-corrected chi connectivity index (χ1v) is 7.64. The maximum Gasteiger partial charge on any atom is 0.407 e. The molecule has 1 aromatic rings. The van der Waals surface area contributed by atoms with E-state index in [0.29, 0.717) is 0 Å². The number of ketones is 1. The molecule has 2 atom stereocenters. The van der Waals surface area contributed by atoms with Crippen LogP contribution in [0.1, 0.15) is 56.1 Å². The van der Waals surface area contributed by atoms with Gasteiger partial charge in [0.05, 0.1) is 11.7 Å². The number of halogens is 1. The Kier molecular flexibility index (Phi) is 6.86. The van der Waals surface area contributed by atoms with E-state index in [0.717, 1.165) is 6.07 Å². The largest absolute Gasteiger partial charge is 0.444 e. The van der Waals surface area contributed by atoms with Gasteiger partial charge < -0.3 is 20.3 Å². The fourth-order valence-electron chi connectivity index (χ4n) is 2.01. The second kappa shape index (κ2) is 8.21. The first-order chi connectivity index (χ1) is 11.0. The number of benzene rings is 1. The summed E-state index contributed by atoms with van der Waals surface area (Å²) in [6, 6.07) is 3.59. The van der Waals surface area contributed by atoms with Crippen LogP contribution in [0.3, 0.4) is 0 Å². The molecule has 0 fully saturated rings. The Morgan fingerprint density at radius 2 is 1.92 bits per heavy atom. The molecular formula is C17H24FNO5. The summed E-state index contributed by atoms with van der Waals surface area (Å²) in [5.74, 6) is -1.15. The molecule has 0 heterocycles. The number of rotatable bonds is 6. The van der Waals surface area contributed by atoms with Gasteiger partial charge >= 0.3 is 6.09 Å². The minimum absolute atomic E-state index is 0.0627. The average molecular weight is 341 g/mol. The monoisotopic (exact) mass is 341 g/mol. The van der Waals surface area contributed by atoms with Crippen LogP contribution in [0.4, 0.5) is 9.18 Å². The summed E-state index contributed by atoms with van der Waals surface area (Å²) in [5, 5.41) is 22.6. The SMILES string of the molecule is CC(=O)c1cc(C(O)C(O)CCNC(=O)OC(C)(C)C)ccc1F. The van der Waals surface area contributed by atoms with E-state index in [4.69, 9.17) is 4.74 Å². The minimum atomic E-state index is -1.30. The lowest BCUT2D eigenvalue weighted by molar-refractivity contribution is 0.0122. The standard InChI is InChI=1S/C17H24FNO5/c1-10(20)12-9-11(5-6-13(12)18)15(22)14(21)7-8-19-16(23)24-17(2,3)4/h5-6,9,14-15,21-22H,7-8H2,1-4H3,(H,19,23). The summed E-state index contributed by atoms with van der Waals surface area (Å²) < 4.78 is 18.5.